The van der Waals surface area contributed by atoms with Crippen molar-refractivity contribution in [2.24, 2.45) is 40.4 Å². The molecular weight excluding hydrogens is 524 g/mol. The van der Waals surface area contributed by atoms with E-state index in [1.54, 1.807) is 20.3 Å². The fraction of sp³-hybridized carbons (Fsp3) is 0.703. The number of ketones is 1. The van der Waals surface area contributed by atoms with Crippen LogP contribution in [0.5, 0.6) is 11.5 Å². The van der Waals surface area contributed by atoms with Crippen molar-refractivity contribution in [1.82, 2.24) is 0 Å². The molecule has 0 saturated heterocycles. The molecule has 0 spiro atoms. The van der Waals surface area contributed by atoms with Gasteiger partial charge in [0.25, 0.3) is 0 Å². The Bertz CT molecular complexity index is 1230. The number of hydrogen-bond acceptors (Lipinski definition) is 5. The number of rotatable bonds is 8. The highest BCUT2D eigenvalue weighted by atomic mass is 16.5. The second kappa shape index (κ2) is 11.8. The van der Waals surface area contributed by atoms with Crippen molar-refractivity contribution in [3.8, 4) is 11.5 Å². The second-order valence-corrected chi connectivity index (χ2v) is 14.9. The minimum atomic E-state index is -0.683. The summed E-state index contributed by atoms with van der Waals surface area (Å²) in [5, 5.41) is 22.9. The van der Waals surface area contributed by atoms with Crippen LogP contribution in [0.1, 0.15) is 114 Å². The average molecular weight is 579 g/mol. The van der Waals surface area contributed by atoms with Gasteiger partial charge in [-0.25, -0.2) is 0 Å². The first-order valence-electron chi connectivity index (χ1n) is 16.3. The molecule has 1 aromatic rings. The monoisotopic (exact) mass is 578 g/mol. The minimum absolute atomic E-state index is 0.00404. The molecule has 2 N–H and O–H groups in total. The number of Topliss-reactive ketones (excluding diaryl/α,β-unsaturated/α-hetero) is 1. The Kier molecular flexibility index (Phi) is 8.77. The van der Waals surface area contributed by atoms with E-state index in [4.69, 9.17) is 9.47 Å². The van der Waals surface area contributed by atoms with E-state index >= 15 is 0 Å². The SMILES string of the molecule is C=C(C)C1CC(O)C2(C)CCCC3C2C1CC(C)C3(C)CC/C(C)=C/C(O)C1CCC(=O)c2c(OC)cc(OC)cc21. The first kappa shape index (κ1) is 31.3. The van der Waals surface area contributed by atoms with Gasteiger partial charge >= 0.3 is 0 Å². The standard InChI is InChI=1S/C37H54O5/c1-21(2)26-20-33(40)37(6)14-9-10-29-35(37)28(26)17-23(4)36(29,5)15-13-22(3)16-31(39)25-11-12-30(38)34-27(25)18-24(41-7)19-32(34)42-8/h16,18-19,23,25-26,28-29,31,33,35,39-40H,1,9-15,17,20H2,2-8H3/b22-16+. The van der Waals surface area contributed by atoms with Gasteiger partial charge in [-0.15, -0.1) is 0 Å². The Hall–Kier alpha value is -2.11. The van der Waals surface area contributed by atoms with Gasteiger partial charge in [0.15, 0.2) is 5.78 Å². The van der Waals surface area contributed by atoms with E-state index in [-0.39, 0.29) is 28.6 Å². The molecule has 0 bridgehead atoms. The molecule has 0 radical (unpaired) electrons. The summed E-state index contributed by atoms with van der Waals surface area (Å²) in [6.45, 7) is 16.1. The zero-order chi connectivity index (χ0) is 30.6. The van der Waals surface area contributed by atoms with Crippen LogP contribution in [-0.2, 0) is 0 Å². The third-order valence-corrected chi connectivity index (χ3v) is 12.7. The molecule has 0 aliphatic heterocycles. The molecule has 4 aliphatic rings. The number of benzene rings is 1. The maximum atomic E-state index is 12.8. The Labute approximate surface area is 253 Å². The number of ether oxygens (including phenoxy) is 2. The molecule has 3 fully saturated rings. The Morgan fingerprint density at radius 3 is 2.57 bits per heavy atom. The molecule has 42 heavy (non-hydrogen) atoms. The summed E-state index contributed by atoms with van der Waals surface area (Å²) in [4.78, 5) is 12.8. The lowest BCUT2D eigenvalue weighted by Crippen LogP contribution is -2.61. The van der Waals surface area contributed by atoms with Crippen molar-refractivity contribution in [2.45, 2.75) is 111 Å². The summed E-state index contributed by atoms with van der Waals surface area (Å²) in [6.07, 6.45) is 9.78. The maximum absolute atomic E-state index is 12.8. The van der Waals surface area contributed by atoms with Gasteiger partial charge in [-0.2, -0.15) is 0 Å². The van der Waals surface area contributed by atoms with Gasteiger partial charge in [0.2, 0.25) is 0 Å². The van der Waals surface area contributed by atoms with Gasteiger partial charge in [-0.3, -0.25) is 4.79 Å². The lowest BCUT2D eigenvalue weighted by Gasteiger charge is -2.66. The molecule has 0 aromatic heterocycles. The Morgan fingerprint density at radius 1 is 1.17 bits per heavy atom. The topological polar surface area (TPSA) is 76.0 Å². The number of aliphatic hydroxyl groups is 2. The molecule has 232 valence electrons. The number of carbonyl (C=O) groups excluding carboxylic acids is 1. The van der Waals surface area contributed by atoms with Crippen molar-refractivity contribution in [2.75, 3.05) is 14.2 Å². The highest BCUT2D eigenvalue weighted by molar-refractivity contribution is 6.01. The van der Waals surface area contributed by atoms with Crippen LogP contribution in [0, 0.1) is 40.4 Å². The molecule has 10 unspecified atom stereocenters. The predicted octanol–water partition coefficient (Wildman–Crippen LogP) is 7.89. The number of carbonyl (C=O) groups is 1. The third kappa shape index (κ3) is 5.17. The normalized spacial score (nSPS) is 38.7. The van der Waals surface area contributed by atoms with Crippen molar-refractivity contribution < 1.29 is 24.5 Å². The van der Waals surface area contributed by atoms with Crippen molar-refractivity contribution in [3.63, 3.8) is 0 Å². The van der Waals surface area contributed by atoms with Crippen LogP contribution in [0.2, 0.25) is 0 Å². The van der Waals surface area contributed by atoms with E-state index in [9.17, 15) is 15.0 Å². The molecule has 1 aromatic carbocycles. The number of allylic oxidation sites excluding steroid dienone is 2. The molecule has 4 aliphatic carbocycles. The van der Waals surface area contributed by atoms with Crippen molar-refractivity contribution in [1.29, 1.82) is 0 Å². The van der Waals surface area contributed by atoms with Gasteiger partial charge in [0.05, 0.1) is 32.0 Å². The van der Waals surface area contributed by atoms with Crippen LogP contribution in [0.15, 0.2) is 35.9 Å². The zero-order valence-corrected chi connectivity index (χ0v) is 27.0. The first-order valence-corrected chi connectivity index (χ1v) is 16.3. The molecule has 5 heteroatoms. The summed E-state index contributed by atoms with van der Waals surface area (Å²) in [6, 6.07) is 3.65. The lowest BCUT2D eigenvalue weighted by molar-refractivity contribution is -0.193. The van der Waals surface area contributed by atoms with Crippen LogP contribution < -0.4 is 9.47 Å². The highest BCUT2D eigenvalue weighted by Gasteiger charge is 2.62. The molecule has 0 amide bonds. The number of methoxy groups -OCH3 is 2. The van der Waals surface area contributed by atoms with E-state index in [0.29, 0.717) is 59.5 Å². The molecule has 0 heterocycles. The van der Waals surface area contributed by atoms with Crippen molar-refractivity contribution in [3.05, 3.63) is 47.1 Å². The highest BCUT2D eigenvalue weighted by Crippen LogP contribution is 2.67. The Balaban J connectivity index is 1.37. The van der Waals surface area contributed by atoms with E-state index in [0.717, 1.165) is 31.2 Å². The quantitative estimate of drug-likeness (QED) is 0.307. The predicted molar refractivity (Wildman–Crippen MR) is 168 cm³/mol. The van der Waals surface area contributed by atoms with E-state index in [2.05, 4.69) is 41.2 Å². The van der Waals surface area contributed by atoms with Gasteiger partial charge < -0.3 is 19.7 Å². The van der Waals surface area contributed by atoms with Gasteiger partial charge in [0, 0.05) is 18.4 Å². The molecule has 3 saturated carbocycles. The molecule has 5 nitrogen and oxygen atoms in total. The van der Waals surface area contributed by atoms with Gasteiger partial charge in [-0.1, -0.05) is 51.0 Å². The zero-order valence-electron chi connectivity index (χ0n) is 27.0. The minimum Gasteiger partial charge on any atom is -0.497 e. The lowest BCUT2D eigenvalue weighted by atomic mass is 9.39. The number of fused-ring (bicyclic) bond motifs is 1. The third-order valence-electron chi connectivity index (χ3n) is 12.7. The van der Waals surface area contributed by atoms with Crippen molar-refractivity contribution >= 4 is 5.78 Å². The van der Waals surface area contributed by atoms with Crippen LogP contribution in [0.4, 0.5) is 0 Å². The fourth-order valence-electron chi connectivity index (χ4n) is 10.1. The number of aliphatic hydroxyl groups excluding tert-OH is 2. The first-order chi connectivity index (χ1) is 19.8. The summed E-state index contributed by atoms with van der Waals surface area (Å²) in [5.41, 5.74) is 4.03. The number of hydrogen-bond donors (Lipinski definition) is 2. The van der Waals surface area contributed by atoms with Crippen LogP contribution in [0.3, 0.4) is 0 Å². The maximum Gasteiger partial charge on any atom is 0.166 e. The largest absolute Gasteiger partial charge is 0.497 e. The smallest absolute Gasteiger partial charge is 0.166 e. The summed E-state index contributed by atoms with van der Waals surface area (Å²) in [5.74, 6) is 3.80. The summed E-state index contributed by atoms with van der Waals surface area (Å²) in [7, 11) is 3.18. The average Bonchev–Trinajstić information content (AvgIpc) is 2.95. The van der Waals surface area contributed by atoms with E-state index in [1.165, 1.54) is 30.4 Å². The summed E-state index contributed by atoms with van der Waals surface area (Å²) >= 11 is 0. The molecule has 5 rings (SSSR count). The van der Waals surface area contributed by atoms with Crippen LogP contribution >= 0.6 is 0 Å². The second-order valence-electron chi connectivity index (χ2n) is 14.9. The van der Waals surface area contributed by atoms with E-state index < -0.39 is 6.10 Å². The van der Waals surface area contributed by atoms with Crippen LogP contribution in [-0.4, -0.2) is 42.4 Å². The van der Waals surface area contributed by atoms with Crippen LogP contribution in [0.25, 0.3) is 0 Å². The Morgan fingerprint density at radius 2 is 1.90 bits per heavy atom. The summed E-state index contributed by atoms with van der Waals surface area (Å²) < 4.78 is 11.0. The molecular formula is C37H54O5. The van der Waals surface area contributed by atoms with Gasteiger partial charge in [0.1, 0.15) is 11.5 Å². The van der Waals surface area contributed by atoms with E-state index in [1.807, 2.05) is 12.1 Å². The molecule has 10 atom stereocenters. The fourth-order valence-corrected chi connectivity index (χ4v) is 10.1. The van der Waals surface area contributed by atoms with Gasteiger partial charge in [-0.05, 0) is 111 Å².